The van der Waals surface area contributed by atoms with E-state index in [9.17, 15) is 0 Å². The van der Waals surface area contributed by atoms with Crippen molar-refractivity contribution in [3.05, 3.63) is 18.1 Å². The van der Waals surface area contributed by atoms with Crippen LogP contribution in [0.5, 0.6) is 0 Å². The van der Waals surface area contributed by atoms with Gasteiger partial charge in [0.25, 0.3) is 0 Å². The molecule has 1 aromatic heterocycles. The Morgan fingerprint density at radius 1 is 1.35 bits per heavy atom. The van der Waals surface area contributed by atoms with E-state index in [2.05, 4.69) is 36.1 Å². The van der Waals surface area contributed by atoms with Gasteiger partial charge in [0.15, 0.2) is 5.82 Å². The van der Waals surface area contributed by atoms with E-state index in [4.69, 9.17) is 4.74 Å². The van der Waals surface area contributed by atoms with Crippen molar-refractivity contribution in [3.8, 4) is 0 Å². The molecule has 0 bridgehead atoms. The zero-order valence-electron chi connectivity index (χ0n) is 11.4. The van der Waals surface area contributed by atoms with Crippen molar-refractivity contribution in [2.75, 3.05) is 18.5 Å². The molecule has 96 valence electrons. The van der Waals surface area contributed by atoms with Crippen LogP contribution in [0.3, 0.4) is 0 Å². The van der Waals surface area contributed by atoms with Crippen molar-refractivity contribution in [3.63, 3.8) is 0 Å². The first-order valence-electron chi connectivity index (χ1n) is 6.17. The number of anilines is 1. The Morgan fingerprint density at radius 3 is 2.59 bits per heavy atom. The molecular weight excluding hydrogens is 214 g/mol. The molecule has 1 heterocycles. The van der Waals surface area contributed by atoms with Gasteiger partial charge in [-0.2, -0.15) is 0 Å². The summed E-state index contributed by atoms with van der Waals surface area (Å²) in [5, 5.41) is 3.19. The highest BCUT2D eigenvalue weighted by molar-refractivity contribution is 5.32. The second-order valence-electron chi connectivity index (χ2n) is 5.03. The largest absolute Gasteiger partial charge is 0.370 e. The summed E-state index contributed by atoms with van der Waals surface area (Å²) in [5.74, 6) is 1.60. The summed E-state index contributed by atoms with van der Waals surface area (Å²) in [7, 11) is 0. The molecule has 1 aromatic rings. The van der Waals surface area contributed by atoms with Crippen LogP contribution in [0, 0.1) is 5.41 Å². The third-order valence-electron chi connectivity index (χ3n) is 2.39. The average molecular weight is 237 g/mol. The molecule has 4 nitrogen and oxygen atoms in total. The van der Waals surface area contributed by atoms with Crippen LogP contribution in [0.2, 0.25) is 0 Å². The lowest BCUT2D eigenvalue weighted by Gasteiger charge is -2.29. The predicted octanol–water partition coefficient (Wildman–Crippen LogP) is 3.03. The number of ether oxygens (including phenoxy) is 1. The quantitative estimate of drug-likeness (QED) is 0.855. The SMILES string of the molecule is CCNc1ccnc(C(OCC)C(C)(C)C)n1. The minimum absolute atomic E-state index is 0.0130. The predicted molar refractivity (Wildman–Crippen MR) is 70.0 cm³/mol. The average Bonchev–Trinajstić information content (AvgIpc) is 2.25. The monoisotopic (exact) mass is 237 g/mol. The molecule has 0 saturated carbocycles. The number of rotatable bonds is 5. The summed E-state index contributed by atoms with van der Waals surface area (Å²) in [4.78, 5) is 8.83. The standard InChI is InChI=1S/C13H23N3O/c1-6-14-10-8-9-15-12(16-10)11(17-7-2)13(3,4)5/h8-9,11H,6-7H2,1-5H3,(H,14,15,16). The third-order valence-corrected chi connectivity index (χ3v) is 2.39. The van der Waals surface area contributed by atoms with Crippen LogP contribution in [0.15, 0.2) is 12.3 Å². The van der Waals surface area contributed by atoms with Gasteiger partial charge in [0.1, 0.15) is 11.9 Å². The lowest BCUT2D eigenvalue weighted by molar-refractivity contribution is -0.0190. The molecule has 0 radical (unpaired) electrons. The fraction of sp³-hybridized carbons (Fsp3) is 0.692. The number of nitrogens with one attached hydrogen (secondary N) is 1. The Labute approximate surface area is 104 Å². The summed E-state index contributed by atoms with van der Waals surface area (Å²) < 4.78 is 5.77. The van der Waals surface area contributed by atoms with Crippen molar-refractivity contribution in [2.24, 2.45) is 5.41 Å². The van der Waals surface area contributed by atoms with Gasteiger partial charge in [0.05, 0.1) is 0 Å². The van der Waals surface area contributed by atoms with Gasteiger partial charge in [0.2, 0.25) is 0 Å². The summed E-state index contributed by atoms with van der Waals surface area (Å²) in [6.07, 6.45) is 1.70. The van der Waals surface area contributed by atoms with E-state index in [0.717, 1.165) is 18.2 Å². The van der Waals surface area contributed by atoms with Crippen molar-refractivity contribution in [2.45, 2.75) is 40.7 Å². The van der Waals surface area contributed by atoms with Gasteiger partial charge >= 0.3 is 0 Å². The molecule has 0 amide bonds. The normalized spacial score (nSPS) is 13.5. The molecule has 1 rings (SSSR count). The van der Waals surface area contributed by atoms with Gasteiger partial charge in [-0.3, -0.25) is 0 Å². The second-order valence-corrected chi connectivity index (χ2v) is 5.03. The van der Waals surface area contributed by atoms with Crippen LogP contribution in [0.4, 0.5) is 5.82 Å². The molecule has 4 heteroatoms. The number of hydrogen-bond acceptors (Lipinski definition) is 4. The van der Waals surface area contributed by atoms with E-state index in [-0.39, 0.29) is 11.5 Å². The van der Waals surface area contributed by atoms with Crippen LogP contribution >= 0.6 is 0 Å². The Balaban J connectivity index is 2.97. The summed E-state index contributed by atoms with van der Waals surface area (Å²) in [6.45, 7) is 12.0. The number of aromatic nitrogens is 2. The number of hydrogen-bond donors (Lipinski definition) is 1. The number of nitrogens with zero attached hydrogens (tertiary/aromatic N) is 2. The Bertz CT molecular complexity index is 347. The van der Waals surface area contributed by atoms with E-state index in [1.807, 2.05) is 19.9 Å². The molecule has 0 aromatic carbocycles. The lowest BCUT2D eigenvalue weighted by atomic mass is 9.88. The Kier molecular flexibility index (Phi) is 4.87. The van der Waals surface area contributed by atoms with E-state index >= 15 is 0 Å². The van der Waals surface area contributed by atoms with Gasteiger partial charge in [-0.25, -0.2) is 9.97 Å². The topological polar surface area (TPSA) is 47.0 Å². The summed E-state index contributed by atoms with van der Waals surface area (Å²) in [6, 6.07) is 1.87. The Hall–Kier alpha value is -1.16. The highest BCUT2D eigenvalue weighted by Gasteiger charge is 2.29. The summed E-state index contributed by atoms with van der Waals surface area (Å²) >= 11 is 0. The van der Waals surface area contributed by atoms with Crippen LogP contribution in [-0.2, 0) is 4.74 Å². The minimum Gasteiger partial charge on any atom is -0.370 e. The molecule has 0 spiro atoms. The van der Waals surface area contributed by atoms with Crippen molar-refractivity contribution in [1.29, 1.82) is 0 Å². The molecule has 0 saturated heterocycles. The van der Waals surface area contributed by atoms with E-state index in [1.165, 1.54) is 0 Å². The maximum absolute atomic E-state index is 5.77. The highest BCUT2D eigenvalue weighted by Crippen LogP contribution is 2.34. The van der Waals surface area contributed by atoms with E-state index in [0.29, 0.717) is 6.61 Å². The van der Waals surface area contributed by atoms with Gasteiger partial charge in [-0.15, -0.1) is 0 Å². The van der Waals surface area contributed by atoms with Crippen LogP contribution in [-0.4, -0.2) is 23.1 Å². The zero-order chi connectivity index (χ0) is 12.9. The molecule has 0 aliphatic heterocycles. The molecular formula is C13H23N3O. The first kappa shape index (κ1) is 13.9. The van der Waals surface area contributed by atoms with E-state index < -0.39 is 0 Å². The fourth-order valence-corrected chi connectivity index (χ4v) is 1.66. The molecule has 0 fully saturated rings. The van der Waals surface area contributed by atoms with Crippen molar-refractivity contribution in [1.82, 2.24) is 9.97 Å². The van der Waals surface area contributed by atoms with Crippen LogP contribution in [0.25, 0.3) is 0 Å². The maximum Gasteiger partial charge on any atom is 0.160 e. The zero-order valence-corrected chi connectivity index (χ0v) is 11.4. The second kappa shape index (κ2) is 5.96. The first-order valence-corrected chi connectivity index (χ1v) is 6.17. The Morgan fingerprint density at radius 2 is 2.06 bits per heavy atom. The lowest BCUT2D eigenvalue weighted by Crippen LogP contribution is -2.23. The van der Waals surface area contributed by atoms with Gasteiger partial charge in [-0.1, -0.05) is 20.8 Å². The van der Waals surface area contributed by atoms with Crippen LogP contribution < -0.4 is 5.32 Å². The molecule has 1 N–H and O–H groups in total. The first-order chi connectivity index (χ1) is 7.99. The minimum atomic E-state index is -0.0777. The molecule has 1 unspecified atom stereocenters. The fourth-order valence-electron chi connectivity index (χ4n) is 1.66. The third kappa shape index (κ3) is 3.97. The van der Waals surface area contributed by atoms with Crippen molar-refractivity contribution >= 4 is 5.82 Å². The van der Waals surface area contributed by atoms with E-state index in [1.54, 1.807) is 6.20 Å². The molecule has 0 aliphatic carbocycles. The molecule has 1 atom stereocenters. The van der Waals surface area contributed by atoms with Gasteiger partial charge in [-0.05, 0) is 25.3 Å². The summed E-state index contributed by atoms with van der Waals surface area (Å²) in [5.41, 5.74) is -0.0130. The highest BCUT2D eigenvalue weighted by atomic mass is 16.5. The molecule has 17 heavy (non-hydrogen) atoms. The van der Waals surface area contributed by atoms with Crippen molar-refractivity contribution < 1.29 is 4.74 Å². The van der Waals surface area contributed by atoms with Gasteiger partial charge < -0.3 is 10.1 Å². The molecule has 0 aliphatic rings. The maximum atomic E-state index is 5.77. The van der Waals surface area contributed by atoms with Gasteiger partial charge in [0, 0.05) is 19.3 Å². The smallest absolute Gasteiger partial charge is 0.160 e. The van der Waals surface area contributed by atoms with Crippen LogP contribution in [0.1, 0.15) is 46.5 Å².